The molecule has 1 unspecified atom stereocenters. The van der Waals surface area contributed by atoms with E-state index >= 15 is 0 Å². The molecule has 1 atom stereocenters. The summed E-state index contributed by atoms with van der Waals surface area (Å²) in [7, 11) is 0. The molecule has 1 aliphatic heterocycles. The Labute approximate surface area is 126 Å². The van der Waals surface area contributed by atoms with Gasteiger partial charge in [0.1, 0.15) is 0 Å². The van der Waals surface area contributed by atoms with Crippen molar-refractivity contribution in [1.29, 1.82) is 0 Å². The van der Waals surface area contributed by atoms with Gasteiger partial charge < -0.3 is 14.9 Å². The number of aliphatic hydroxyl groups excluding tert-OH is 2. The number of aromatic nitrogens is 1. The monoisotopic (exact) mass is 302 g/mol. The average molecular weight is 302 g/mol. The van der Waals surface area contributed by atoms with Crippen LogP contribution in [0.2, 0.25) is 0 Å². The average Bonchev–Trinajstić information content (AvgIpc) is 2.53. The molecule has 2 N–H and O–H groups in total. The summed E-state index contributed by atoms with van der Waals surface area (Å²) >= 11 is 0. The first kappa shape index (κ1) is 14.6. The van der Waals surface area contributed by atoms with Crippen LogP contribution in [-0.4, -0.2) is 21.1 Å². The van der Waals surface area contributed by atoms with Crippen LogP contribution in [0.4, 0.5) is 10.1 Å². The van der Waals surface area contributed by atoms with Gasteiger partial charge in [0.2, 0.25) is 18.1 Å². The fraction of sp³-hybridized carbons (Fsp3) is 0.250. The largest absolute Gasteiger partial charge is 0.443 e. The number of fused-ring (bicyclic) bond motifs is 1. The van der Waals surface area contributed by atoms with Crippen molar-refractivity contribution >= 4 is 11.6 Å². The molecule has 5 nitrogen and oxygen atoms in total. The van der Waals surface area contributed by atoms with Gasteiger partial charge in [-0.05, 0) is 35.7 Å². The Morgan fingerprint density at radius 1 is 1.36 bits per heavy atom. The lowest BCUT2D eigenvalue weighted by Crippen LogP contribution is -2.19. The predicted octanol–water partition coefficient (Wildman–Crippen LogP) is 2.37. The van der Waals surface area contributed by atoms with Crippen molar-refractivity contribution in [3.8, 4) is 0 Å². The third-order valence-electron chi connectivity index (χ3n) is 3.55. The van der Waals surface area contributed by atoms with Crippen LogP contribution >= 0.6 is 0 Å². The van der Waals surface area contributed by atoms with Crippen molar-refractivity contribution in [2.24, 2.45) is 4.99 Å². The molecule has 6 heteroatoms. The second-order valence-corrected chi connectivity index (χ2v) is 4.93. The third kappa shape index (κ3) is 2.47. The van der Waals surface area contributed by atoms with Crippen LogP contribution in [0.1, 0.15) is 35.5 Å². The highest BCUT2D eigenvalue weighted by Crippen LogP contribution is 2.36. The lowest BCUT2D eigenvalue weighted by molar-refractivity contribution is -0.0324. The second kappa shape index (κ2) is 5.82. The van der Waals surface area contributed by atoms with Crippen LogP contribution in [0.5, 0.6) is 0 Å². The zero-order valence-corrected chi connectivity index (χ0v) is 12.0. The fourth-order valence-corrected chi connectivity index (χ4v) is 2.49. The summed E-state index contributed by atoms with van der Waals surface area (Å²) in [5.74, 6) is -0.742. The standard InChI is InChI=1S/C16H15FN2O3/c1-2-10-6-9(8-20)7-12-13(10)16(21)22-15(19-12)11-4-3-5-18-14(11)17/h3-7,16,20-21H,2,8H2,1H3. The van der Waals surface area contributed by atoms with Crippen molar-refractivity contribution in [3.05, 3.63) is 58.7 Å². The minimum Gasteiger partial charge on any atom is -0.443 e. The molecule has 3 rings (SSSR count). The number of hydrogen-bond donors (Lipinski definition) is 2. The number of halogens is 1. The van der Waals surface area contributed by atoms with Gasteiger partial charge in [-0.25, -0.2) is 9.98 Å². The van der Waals surface area contributed by atoms with E-state index in [-0.39, 0.29) is 18.1 Å². The van der Waals surface area contributed by atoms with Crippen molar-refractivity contribution in [1.82, 2.24) is 4.98 Å². The van der Waals surface area contributed by atoms with Gasteiger partial charge in [0.15, 0.2) is 0 Å². The van der Waals surface area contributed by atoms with E-state index in [2.05, 4.69) is 9.98 Å². The van der Waals surface area contributed by atoms with E-state index in [1.807, 2.05) is 6.92 Å². The van der Waals surface area contributed by atoms with E-state index < -0.39 is 12.2 Å². The molecule has 0 saturated carbocycles. The van der Waals surface area contributed by atoms with E-state index in [1.165, 1.54) is 12.3 Å². The molecule has 2 aromatic rings. The van der Waals surface area contributed by atoms with Gasteiger partial charge in [0.05, 0.1) is 17.9 Å². The Hall–Kier alpha value is -2.31. The maximum atomic E-state index is 13.8. The Bertz CT molecular complexity index is 746. The van der Waals surface area contributed by atoms with Crippen LogP contribution in [0.25, 0.3) is 0 Å². The number of pyridine rings is 1. The number of ether oxygens (including phenoxy) is 1. The maximum Gasteiger partial charge on any atom is 0.228 e. The smallest absolute Gasteiger partial charge is 0.228 e. The zero-order valence-electron chi connectivity index (χ0n) is 12.0. The molecular formula is C16H15FN2O3. The predicted molar refractivity (Wildman–Crippen MR) is 78.2 cm³/mol. The highest BCUT2D eigenvalue weighted by atomic mass is 19.1. The van der Waals surface area contributed by atoms with Crippen molar-refractivity contribution < 1.29 is 19.3 Å². The van der Waals surface area contributed by atoms with Crippen molar-refractivity contribution in [2.75, 3.05) is 0 Å². The summed E-state index contributed by atoms with van der Waals surface area (Å²) < 4.78 is 19.1. The summed E-state index contributed by atoms with van der Waals surface area (Å²) in [5.41, 5.74) is 2.62. The summed E-state index contributed by atoms with van der Waals surface area (Å²) in [6.45, 7) is 1.80. The Balaban J connectivity index is 2.16. The summed E-state index contributed by atoms with van der Waals surface area (Å²) in [6.07, 6.45) is 0.749. The van der Waals surface area contributed by atoms with E-state index in [0.717, 1.165) is 5.56 Å². The van der Waals surface area contributed by atoms with Crippen molar-refractivity contribution in [3.63, 3.8) is 0 Å². The van der Waals surface area contributed by atoms with E-state index in [0.29, 0.717) is 23.2 Å². The van der Waals surface area contributed by atoms with Gasteiger partial charge in [0.25, 0.3) is 0 Å². The fourth-order valence-electron chi connectivity index (χ4n) is 2.49. The lowest BCUT2D eigenvalue weighted by atomic mass is 9.98. The van der Waals surface area contributed by atoms with Gasteiger partial charge in [-0.15, -0.1) is 0 Å². The number of rotatable bonds is 3. The SMILES string of the molecule is CCc1cc(CO)cc2c1C(O)OC(c1cccnc1F)=N2. The molecule has 1 aromatic carbocycles. The van der Waals surface area contributed by atoms with Gasteiger partial charge in [-0.2, -0.15) is 4.39 Å². The minimum absolute atomic E-state index is 0.0252. The molecular weight excluding hydrogens is 287 g/mol. The number of hydrogen-bond acceptors (Lipinski definition) is 5. The Kier molecular flexibility index (Phi) is 3.87. The quantitative estimate of drug-likeness (QED) is 0.854. The van der Waals surface area contributed by atoms with Crippen LogP contribution in [-0.2, 0) is 17.8 Å². The number of aliphatic hydroxyl groups is 2. The Morgan fingerprint density at radius 3 is 2.86 bits per heavy atom. The second-order valence-electron chi connectivity index (χ2n) is 4.93. The molecule has 2 heterocycles. The molecule has 0 spiro atoms. The van der Waals surface area contributed by atoms with Crippen molar-refractivity contribution in [2.45, 2.75) is 26.2 Å². The van der Waals surface area contributed by atoms with Crippen LogP contribution in [0.3, 0.4) is 0 Å². The number of nitrogens with zero attached hydrogens (tertiary/aromatic N) is 2. The molecule has 0 amide bonds. The first-order valence-electron chi connectivity index (χ1n) is 6.95. The number of benzene rings is 1. The zero-order chi connectivity index (χ0) is 15.7. The molecule has 0 fully saturated rings. The van der Waals surface area contributed by atoms with Crippen LogP contribution in [0.15, 0.2) is 35.5 Å². The van der Waals surface area contributed by atoms with Gasteiger partial charge in [-0.1, -0.05) is 13.0 Å². The van der Waals surface area contributed by atoms with E-state index in [1.54, 1.807) is 18.2 Å². The van der Waals surface area contributed by atoms with Gasteiger partial charge in [0, 0.05) is 11.8 Å². The molecule has 0 aliphatic carbocycles. The highest BCUT2D eigenvalue weighted by Gasteiger charge is 2.27. The van der Waals surface area contributed by atoms with Gasteiger partial charge in [-0.3, -0.25) is 0 Å². The first-order chi connectivity index (χ1) is 10.6. The molecule has 0 radical (unpaired) electrons. The summed E-state index contributed by atoms with van der Waals surface area (Å²) in [4.78, 5) is 7.84. The maximum absolute atomic E-state index is 13.8. The third-order valence-corrected chi connectivity index (χ3v) is 3.55. The van der Waals surface area contributed by atoms with E-state index in [4.69, 9.17) is 4.74 Å². The van der Waals surface area contributed by atoms with Crippen LogP contribution < -0.4 is 0 Å². The summed E-state index contributed by atoms with van der Waals surface area (Å²) in [6, 6.07) is 6.51. The van der Waals surface area contributed by atoms with Gasteiger partial charge >= 0.3 is 0 Å². The molecule has 1 aliphatic rings. The number of aryl methyl sites for hydroxylation is 1. The van der Waals surface area contributed by atoms with E-state index in [9.17, 15) is 14.6 Å². The Morgan fingerprint density at radius 2 is 2.18 bits per heavy atom. The highest BCUT2D eigenvalue weighted by molar-refractivity contribution is 5.97. The molecule has 1 aromatic heterocycles. The first-order valence-corrected chi connectivity index (χ1v) is 6.95. The lowest BCUT2D eigenvalue weighted by Gasteiger charge is -2.25. The minimum atomic E-state index is -1.23. The molecule has 114 valence electrons. The normalized spacial score (nSPS) is 16.7. The summed E-state index contributed by atoms with van der Waals surface area (Å²) in [5, 5.41) is 19.6. The molecule has 0 bridgehead atoms. The molecule has 22 heavy (non-hydrogen) atoms. The topological polar surface area (TPSA) is 74.9 Å². The molecule has 0 saturated heterocycles. The number of aliphatic imine (C=N–C) groups is 1. The van der Waals surface area contributed by atoms with Crippen LogP contribution in [0, 0.1) is 5.95 Å².